The van der Waals surface area contributed by atoms with Crippen molar-refractivity contribution >= 4 is 11.3 Å². The van der Waals surface area contributed by atoms with E-state index >= 15 is 0 Å². The van der Waals surface area contributed by atoms with E-state index in [1.807, 2.05) is 6.20 Å². The maximum Gasteiger partial charge on any atom is 0.0781 e. The normalized spacial score (nSPS) is 10.5. The Morgan fingerprint density at radius 2 is 2.38 bits per heavy atom. The minimum Gasteiger partial charge on any atom is -0.264 e. The quantitative estimate of drug-likeness (QED) is 0.731. The zero-order chi connectivity index (χ0) is 9.10. The predicted octanol–water partition coefficient (Wildman–Crippen LogP) is 3.02. The zero-order valence-electron chi connectivity index (χ0n) is 7.60. The second-order valence-corrected chi connectivity index (χ2v) is 3.86. The van der Waals surface area contributed by atoms with Crippen LogP contribution in [-0.4, -0.2) is 9.78 Å². The van der Waals surface area contributed by atoms with Crippen LogP contribution in [-0.2, 0) is 6.54 Å². The molecule has 2 rings (SSSR count). The first-order chi connectivity index (χ1) is 6.42. The molecule has 0 spiro atoms. The number of nitrogens with zero attached hydrogens (tertiary/aromatic N) is 2. The van der Waals surface area contributed by atoms with Crippen LogP contribution in [0.15, 0.2) is 29.8 Å². The van der Waals surface area contributed by atoms with Gasteiger partial charge < -0.3 is 0 Å². The molecular formula is C10H12N2S. The Balaban J connectivity index is 2.35. The summed E-state index contributed by atoms with van der Waals surface area (Å²) in [5.74, 6) is 0. The summed E-state index contributed by atoms with van der Waals surface area (Å²) in [5.41, 5.74) is 1.23. The number of thiophene rings is 1. The molecule has 0 bridgehead atoms. The fourth-order valence-electron chi connectivity index (χ4n) is 1.36. The molecule has 0 amide bonds. The summed E-state index contributed by atoms with van der Waals surface area (Å²) in [7, 11) is 0. The van der Waals surface area contributed by atoms with Crippen molar-refractivity contribution < 1.29 is 0 Å². The fourth-order valence-corrected chi connectivity index (χ4v) is 2.11. The molecular weight excluding hydrogens is 180 g/mol. The van der Waals surface area contributed by atoms with Crippen LogP contribution in [0, 0.1) is 0 Å². The van der Waals surface area contributed by atoms with Gasteiger partial charge in [0.25, 0.3) is 0 Å². The highest BCUT2D eigenvalue weighted by Crippen LogP contribution is 2.23. The molecule has 0 aromatic carbocycles. The van der Waals surface area contributed by atoms with Crippen molar-refractivity contribution in [3.05, 3.63) is 29.8 Å². The molecule has 0 saturated carbocycles. The van der Waals surface area contributed by atoms with E-state index in [4.69, 9.17) is 0 Å². The average molecular weight is 192 g/mol. The van der Waals surface area contributed by atoms with Crippen molar-refractivity contribution in [1.82, 2.24) is 9.78 Å². The van der Waals surface area contributed by atoms with Crippen LogP contribution >= 0.6 is 11.3 Å². The lowest BCUT2D eigenvalue weighted by atomic mass is 10.3. The van der Waals surface area contributed by atoms with Gasteiger partial charge in [0.05, 0.1) is 10.6 Å². The maximum atomic E-state index is 4.29. The van der Waals surface area contributed by atoms with Crippen molar-refractivity contribution in [3.8, 4) is 10.6 Å². The second kappa shape index (κ2) is 3.75. The molecule has 0 atom stereocenters. The lowest BCUT2D eigenvalue weighted by Gasteiger charge is -2.02. The van der Waals surface area contributed by atoms with Gasteiger partial charge in [0, 0.05) is 12.7 Å². The topological polar surface area (TPSA) is 17.8 Å². The van der Waals surface area contributed by atoms with E-state index in [-0.39, 0.29) is 0 Å². The molecule has 2 heterocycles. The van der Waals surface area contributed by atoms with Crippen molar-refractivity contribution in [2.45, 2.75) is 19.9 Å². The summed E-state index contributed by atoms with van der Waals surface area (Å²) in [6.45, 7) is 3.17. The van der Waals surface area contributed by atoms with Crippen molar-refractivity contribution in [2.24, 2.45) is 0 Å². The largest absolute Gasteiger partial charge is 0.264 e. The third-order valence-electron chi connectivity index (χ3n) is 1.93. The molecule has 2 aromatic rings. The maximum absolute atomic E-state index is 4.29. The van der Waals surface area contributed by atoms with Gasteiger partial charge >= 0.3 is 0 Å². The molecule has 0 N–H and O–H groups in total. The molecule has 0 aliphatic heterocycles. The standard InChI is InChI=1S/C10H12N2S/c1-2-7-12-9(5-6-11-12)10-4-3-8-13-10/h3-6,8H,2,7H2,1H3. The lowest BCUT2D eigenvalue weighted by Crippen LogP contribution is -1.99. The molecule has 0 unspecified atom stereocenters. The van der Waals surface area contributed by atoms with Gasteiger partial charge in [-0.2, -0.15) is 5.10 Å². The van der Waals surface area contributed by atoms with E-state index in [0.29, 0.717) is 0 Å². The Labute approximate surface area is 81.8 Å². The summed E-state index contributed by atoms with van der Waals surface area (Å²) in [6, 6.07) is 6.28. The van der Waals surface area contributed by atoms with Gasteiger partial charge in [0.2, 0.25) is 0 Å². The highest BCUT2D eigenvalue weighted by Gasteiger charge is 2.04. The van der Waals surface area contributed by atoms with Crippen molar-refractivity contribution in [1.29, 1.82) is 0 Å². The minimum atomic E-state index is 1.00. The predicted molar refractivity (Wildman–Crippen MR) is 55.8 cm³/mol. The lowest BCUT2D eigenvalue weighted by molar-refractivity contribution is 0.609. The van der Waals surface area contributed by atoms with Crippen LogP contribution in [0.1, 0.15) is 13.3 Å². The van der Waals surface area contributed by atoms with Gasteiger partial charge in [-0.15, -0.1) is 11.3 Å². The third-order valence-corrected chi connectivity index (χ3v) is 2.82. The smallest absolute Gasteiger partial charge is 0.0781 e. The Bertz CT molecular complexity index is 362. The molecule has 2 aromatic heterocycles. The Morgan fingerprint density at radius 3 is 3.08 bits per heavy atom. The zero-order valence-corrected chi connectivity index (χ0v) is 8.42. The number of hydrogen-bond acceptors (Lipinski definition) is 2. The summed E-state index contributed by atoms with van der Waals surface area (Å²) in [4.78, 5) is 1.30. The molecule has 0 radical (unpaired) electrons. The molecule has 13 heavy (non-hydrogen) atoms. The van der Waals surface area contributed by atoms with E-state index in [1.54, 1.807) is 11.3 Å². The Morgan fingerprint density at radius 1 is 1.46 bits per heavy atom. The van der Waals surface area contributed by atoms with Gasteiger partial charge in [-0.1, -0.05) is 13.0 Å². The van der Waals surface area contributed by atoms with Gasteiger partial charge in [0.1, 0.15) is 0 Å². The van der Waals surface area contributed by atoms with E-state index in [0.717, 1.165) is 13.0 Å². The Kier molecular flexibility index (Phi) is 2.45. The van der Waals surface area contributed by atoms with E-state index in [9.17, 15) is 0 Å². The molecule has 0 fully saturated rings. The third kappa shape index (κ3) is 1.65. The molecule has 68 valence electrons. The van der Waals surface area contributed by atoms with Crippen LogP contribution in [0.2, 0.25) is 0 Å². The van der Waals surface area contributed by atoms with Gasteiger partial charge in [-0.05, 0) is 23.9 Å². The second-order valence-electron chi connectivity index (χ2n) is 2.92. The number of hydrogen-bond donors (Lipinski definition) is 0. The van der Waals surface area contributed by atoms with Crippen molar-refractivity contribution in [2.75, 3.05) is 0 Å². The first-order valence-corrected chi connectivity index (χ1v) is 5.35. The first kappa shape index (κ1) is 8.51. The Hall–Kier alpha value is -1.09. The number of rotatable bonds is 3. The van der Waals surface area contributed by atoms with E-state index in [1.165, 1.54) is 10.6 Å². The van der Waals surface area contributed by atoms with Crippen LogP contribution in [0.4, 0.5) is 0 Å². The molecule has 0 aliphatic rings. The summed E-state index contributed by atoms with van der Waals surface area (Å²) >= 11 is 1.76. The molecule has 2 nitrogen and oxygen atoms in total. The SMILES string of the molecule is CCCn1nccc1-c1cccs1. The highest BCUT2D eigenvalue weighted by molar-refractivity contribution is 7.13. The molecule has 0 saturated heterocycles. The minimum absolute atomic E-state index is 1.00. The highest BCUT2D eigenvalue weighted by atomic mass is 32.1. The average Bonchev–Trinajstić information content (AvgIpc) is 2.71. The van der Waals surface area contributed by atoms with Crippen LogP contribution in [0.5, 0.6) is 0 Å². The van der Waals surface area contributed by atoms with Crippen LogP contribution in [0.3, 0.4) is 0 Å². The van der Waals surface area contributed by atoms with Gasteiger partial charge in [0.15, 0.2) is 0 Å². The first-order valence-electron chi connectivity index (χ1n) is 4.47. The summed E-state index contributed by atoms with van der Waals surface area (Å²) in [6.07, 6.45) is 2.99. The number of aromatic nitrogens is 2. The van der Waals surface area contributed by atoms with Gasteiger partial charge in [-0.25, -0.2) is 0 Å². The molecule has 0 aliphatic carbocycles. The van der Waals surface area contributed by atoms with Crippen LogP contribution < -0.4 is 0 Å². The molecule has 3 heteroatoms. The number of aryl methyl sites for hydroxylation is 1. The van der Waals surface area contributed by atoms with Crippen LogP contribution in [0.25, 0.3) is 10.6 Å². The van der Waals surface area contributed by atoms with Gasteiger partial charge in [-0.3, -0.25) is 4.68 Å². The fraction of sp³-hybridized carbons (Fsp3) is 0.300. The van der Waals surface area contributed by atoms with E-state index < -0.39 is 0 Å². The summed E-state index contributed by atoms with van der Waals surface area (Å²) in [5, 5.41) is 6.38. The van der Waals surface area contributed by atoms with Crippen molar-refractivity contribution in [3.63, 3.8) is 0 Å². The summed E-state index contributed by atoms with van der Waals surface area (Å²) < 4.78 is 2.06. The monoisotopic (exact) mass is 192 g/mol. The van der Waals surface area contributed by atoms with E-state index in [2.05, 4.69) is 40.3 Å².